The zero-order chi connectivity index (χ0) is 37.5. The van der Waals surface area contributed by atoms with Gasteiger partial charge in [-0.15, -0.1) is 0 Å². The van der Waals surface area contributed by atoms with E-state index in [1.165, 1.54) is 32.4 Å². The summed E-state index contributed by atoms with van der Waals surface area (Å²) in [5, 5.41) is 38.2. The average Bonchev–Trinajstić information content (AvgIpc) is 3.68. The molecule has 0 unspecified atom stereocenters. The molecule has 0 aromatic heterocycles. The van der Waals surface area contributed by atoms with E-state index >= 15 is 0 Å². The van der Waals surface area contributed by atoms with Crippen LogP contribution in [0.3, 0.4) is 0 Å². The molecule has 0 saturated carbocycles. The number of ether oxygens (including phenoxy) is 6. The van der Waals surface area contributed by atoms with Crippen LogP contribution in [0.4, 0.5) is 0 Å². The Hall–Kier alpha value is -4.75. The molecule has 280 valence electrons. The van der Waals surface area contributed by atoms with Gasteiger partial charge in [-0.3, -0.25) is 33.8 Å². The molecular formula is C36H37N3O14. The van der Waals surface area contributed by atoms with Crippen molar-refractivity contribution >= 4 is 29.3 Å². The van der Waals surface area contributed by atoms with Crippen LogP contribution in [0.1, 0.15) is 68.8 Å². The number of rotatable bonds is 7. The molecule has 17 nitrogen and oxygen atoms in total. The molecule has 53 heavy (non-hydrogen) atoms. The lowest BCUT2D eigenvalue weighted by molar-refractivity contribution is -0.256. The van der Waals surface area contributed by atoms with Crippen LogP contribution in [0, 0.1) is 0 Å². The van der Waals surface area contributed by atoms with Gasteiger partial charge in [0.1, 0.15) is 35.6 Å². The Bertz CT molecular complexity index is 1960. The molecule has 0 spiro atoms. The van der Waals surface area contributed by atoms with Crippen LogP contribution in [0.2, 0.25) is 0 Å². The number of phenolic OH excluding ortho intramolecular Hbond substituents is 2. The lowest BCUT2D eigenvalue weighted by atomic mass is 9.72. The Morgan fingerprint density at radius 3 is 2.47 bits per heavy atom. The fraction of sp³-hybridized carbons (Fsp3) is 0.472. The molecule has 0 bridgehead atoms. The maximum atomic E-state index is 14.1. The highest BCUT2D eigenvalue weighted by atomic mass is 16.7. The zero-order valence-corrected chi connectivity index (χ0v) is 28.9. The highest BCUT2D eigenvalue weighted by Gasteiger charge is 2.55. The summed E-state index contributed by atoms with van der Waals surface area (Å²) in [5.74, 6) is -5.23. The fourth-order valence-electron chi connectivity index (χ4n) is 8.41. The predicted octanol–water partition coefficient (Wildman–Crippen LogP) is 0.149. The van der Waals surface area contributed by atoms with Crippen LogP contribution in [0.25, 0.3) is 0 Å². The molecule has 4 aliphatic heterocycles. The number of carbonyl (C=O) groups excluding carboxylic acids is 5. The Morgan fingerprint density at radius 2 is 1.75 bits per heavy atom. The molecule has 2 aromatic rings. The molecule has 17 heteroatoms. The summed E-state index contributed by atoms with van der Waals surface area (Å²) in [5.41, 5.74) is -3.85. The lowest BCUT2D eigenvalue weighted by Gasteiger charge is -2.43. The van der Waals surface area contributed by atoms with Gasteiger partial charge in [-0.25, -0.2) is 0 Å². The number of ketones is 2. The predicted molar refractivity (Wildman–Crippen MR) is 176 cm³/mol. The minimum Gasteiger partial charge on any atom is -0.507 e. The number of aliphatic hydroxyl groups is 1. The summed E-state index contributed by atoms with van der Waals surface area (Å²) in [7, 11) is 2.85. The second kappa shape index (κ2) is 13.0. The van der Waals surface area contributed by atoms with E-state index in [0.29, 0.717) is 13.2 Å². The number of aromatic hydroxyl groups is 2. The number of amides is 3. The molecular weight excluding hydrogens is 698 g/mol. The normalized spacial score (nSPS) is 31.8. The number of fused-ring (bicyclic) bond motifs is 6. The number of imide groups is 1. The molecule has 3 fully saturated rings. The molecule has 6 aliphatic rings. The Morgan fingerprint density at radius 1 is 1.02 bits per heavy atom. The van der Waals surface area contributed by atoms with Crippen molar-refractivity contribution in [2.45, 2.75) is 74.9 Å². The van der Waals surface area contributed by atoms with Gasteiger partial charge in [-0.2, -0.15) is 0 Å². The molecule has 4 N–H and O–H groups in total. The van der Waals surface area contributed by atoms with Crippen molar-refractivity contribution in [2.24, 2.45) is 0 Å². The first-order valence-corrected chi connectivity index (χ1v) is 17.1. The van der Waals surface area contributed by atoms with Gasteiger partial charge < -0.3 is 49.1 Å². The number of benzene rings is 2. The summed E-state index contributed by atoms with van der Waals surface area (Å²) >= 11 is 0. The van der Waals surface area contributed by atoms with Crippen molar-refractivity contribution in [3.63, 3.8) is 0 Å². The van der Waals surface area contributed by atoms with E-state index in [1.807, 2.05) is 0 Å². The summed E-state index contributed by atoms with van der Waals surface area (Å²) in [6, 6.07) is 4.15. The molecule has 2 aromatic carbocycles. The van der Waals surface area contributed by atoms with E-state index in [2.05, 4.69) is 10.2 Å². The maximum Gasteiger partial charge on any atom is 0.255 e. The average molecular weight is 736 g/mol. The van der Waals surface area contributed by atoms with Gasteiger partial charge in [0.25, 0.3) is 17.7 Å². The summed E-state index contributed by atoms with van der Waals surface area (Å²) < 4.78 is 35.6. The third-order valence-corrected chi connectivity index (χ3v) is 10.9. The van der Waals surface area contributed by atoms with E-state index < -0.39 is 108 Å². The van der Waals surface area contributed by atoms with E-state index in [9.17, 15) is 39.3 Å². The molecule has 4 heterocycles. The molecule has 3 saturated heterocycles. The van der Waals surface area contributed by atoms with Gasteiger partial charge in [0.15, 0.2) is 24.6 Å². The van der Waals surface area contributed by atoms with Crippen molar-refractivity contribution in [1.29, 1.82) is 0 Å². The molecule has 8 atom stereocenters. The van der Waals surface area contributed by atoms with Crippen molar-refractivity contribution < 1.29 is 67.7 Å². The van der Waals surface area contributed by atoms with E-state index in [4.69, 9.17) is 28.4 Å². The third kappa shape index (κ3) is 5.45. The summed E-state index contributed by atoms with van der Waals surface area (Å²) in [4.78, 5) is 68.8. The van der Waals surface area contributed by atoms with Gasteiger partial charge in [0.2, 0.25) is 5.78 Å². The van der Waals surface area contributed by atoms with E-state index in [-0.39, 0.29) is 46.6 Å². The second-order valence-corrected chi connectivity index (χ2v) is 13.8. The smallest absolute Gasteiger partial charge is 0.255 e. The monoisotopic (exact) mass is 735 g/mol. The number of methoxy groups -OCH3 is 2. The number of morpholine rings is 1. The highest BCUT2D eigenvalue weighted by Crippen LogP contribution is 2.53. The standard InChI is InChI=1S/C36H37N3O14/c1-15-32-18(38-9-10-50-34(49-3)33(38)53-32)11-23(51-15)52-20-13-36(47,35(46)37-14-39-21(40)7-8-22(39)41)12-17-25(20)31(45)27-26(29(17)43)28(42)16-5-4-6-19(48-2)24(16)30(27)44/h4-8,15,18,20,23,32-34,43,45,47H,9-14H2,1-3H3,(H,37,46)/t15-,18-,20-,23-,32+,33+,34-,36-/m0/s1. The van der Waals surface area contributed by atoms with Crippen LogP contribution in [0.5, 0.6) is 17.2 Å². The Balaban J connectivity index is 1.17. The third-order valence-electron chi connectivity index (χ3n) is 10.9. The van der Waals surface area contributed by atoms with Crippen molar-refractivity contribution in [1.82, 2.24) is 15.1 Å². The number of hydrogen-bond donors (Lipinski definition) is 4. The SMILES string of the molecule is COc1cccc2c1C(=O)c1c(O)c3c(c(O)c1C2=O)C[C@@](O)(C(=O)NCN1C(=O)C=CC1=O)C[C@@H]3O[C@H]1C[C@H]2[C@H](O[C@@H]3[C@@H](OC)OCCN32)[C@H](C)O1. The van der Waals surface area contributed by atoms with Crippen molar-refractivity contribution in [2.75, 3.05) is 34.0 Å². The largest absolute Gasteiger partial charge is 0.507 e. The minimum atomic E-state index is -2.38. The van der Waals surface area contributed by atoms with Crippen LogP contribution in [0.15, 0.2) is 30.4 Å². The van der Waals surface area contributed by atoms with E-state index in [1.54, 1.807) is 6.92 Å². The van der Waals surface area contributed by atoms with Crippen molar-refractivity contribution in [3.05, 3.63) is 63.7 Å². The molecule has 8 rings (SSSR count). The second-order valence-electron chi connectivity index (χ2n) is 13.8. The number of phenols is 2. The molecule has 0 radical (unpaired) electrons. The summed E-state index contributed by atoms with van der Waals surface area (Å²) in [6.45, 7) is 2.17. The summed E-state index contributed by atoms with van der Waals surface area (Å²) in [6.07, 6.45) is -3.28. The first-order chi connectivity index (χ1) is 25.4. The van der Waals surface area contributed by atoms with Gasteiger partial charge in [-0.05, 0) is 13.0 Å². The maximum absolute atomic E-state index is 14.1. The number of nitrogens with zero attached hydrogens (tertiary/aromatic N) is 2. The first kappa shape index (κ1) is 35.3. The fourth-order valence-corrected chi connectivity index (χ4v) is 8.41. The Kier molecular flexibility index (Phi) is 8.64. The van der Waals surface area contributed by atoms with Crippen molar-refractivity contribution in [3.8, 4) is 17.2 Å². The Labute approximate surface area is 301 Å². The minimum absolute atomic E-state index is 0.0725. The van der Waals surface area contributed by atoms with Crippen LogP contribution in [-0.4, -0.2) is 131 Å². The van der Waals surface area contributed by atoms with Crippen LogP contribution >= 0.6 is 0 Å². The number of hydrogen-bond acceptors (Lipinski definition) is 15. The topological polar surface area (TPSA) is 220 Å². The van der Waals surface area contributed by atoms with Crippen LogP contribution < -0.4 is 10.1 Å². The quantitative estimate of drug-likeness (QED) is 0.187. The van der Waals surface area contributed by atoms with Gasteiger partial charge in [0.05, 0.1) is 42.6 Å². The molecule has 3 amide bonds. The number of carbonyl (C=O) groups is 5. The van der Waals surface area contributed by atoms with E-state index in [0.717, 1.165) is 17.1 Å². The lowest BCUT2D eigenvalue weighted by Crippen LogP contribution is -2.56. The number of nitrogens with one attached hydrogen (secondary N) is 1. The zero-order valence-electron chi connectivity index (χ0n) is 28.9. The van der Waals surface area contributed by atoms with Gasteiger partial charge in [0, 0.05) is 67.8 Å². The van der Waals surface area contributed by atoms with Gasteiger partial charge >= 0.3 is 0 Å². The van der Waals surface area contributed by atoms with Gasteiger partial charge in [-0.1, -0.05) is 12.1 Å². The van der Waals surface area contributed by atoms with Crippen LogP contribution in [-0.2, 0) is 44.5 Å². The molecule has 2 aliphatic carbocycles. The first-order valence-electron chi connectivity index (χ1n) is 17.1. The highest BCUT2D eigenvalue weighted by molar-refractivity contribution is 6.31.